The van der Waals surface area contributed by atoms with Gasteiger partial charge in [-0.3, -0.25) is 4.79 Å². The number of hydrogen-bond donors (Lipinski definition) is 0. The number of rotatable bonds is 5. The van der Waals surface area contributed by atoms with Crippen molar-refractivity contribution in [3.05, 3.63) is 77.1 Å². The second-order valence-corrected chi connectivity index (χ2v) is 10.5. The van der Waals surface area contributed by atoms with Gasteiger partial charge in [0.05, 0.1) is 11.4 Å². The Morgan fingerprint density at radius 3 is 2.56 bits per heavy atom. The second-order valence-electron chi connectivity index (χ2n) is 8.11. The number of carbonyl (C=O) groups excluding carboxylic acids is 1. The molecular formula is C24H21ClN4O4S. The largest absolute Gasteiger partial charge is 0.339 e. The minimum absolute atomic E-state index is 0.149. The van der Waals surface area contributed by atoms with E-state index in [2.05, 4.69) is 10.1 Å². The minimum Gasteiger partial charge on any atom is -0.339 e. The van der Waals surface area contributed by atoms with Crippen molar-refractivity contribution in [1.29, 1.82) is 0 Å². The Balaban J connectivity index is 1.27. The van der Waals surface area contributed by atoms with Crippen LogP contribution < -0.4 is 0 Å². The van der Waals surface area contributed by atoms with Crippen LogP contribution in [-0.2, 0) is 21.4 Å². The van der Waals surface area contributed by atoms with Crippen molar-refractivity contribution >= 4 is 38.3 Å². The number of hydrogen-bond acceptors (Lipinski definition) is 6. The fourth-order valence-corrected chi connectivity index (χ4v) is 5.65. The summed E-state index contributed by atoms with van der Waals surface area (Å²) in [5, 5.41) is 5.98. The molecule has 0 aliphatic carbocycles. The van der Waals surface area contributed by atoms with E-state index in [1.807, 2.05) is 30.3 Å². The maximum absolute atomic E-state index is 13.2. The molecule has 0 spiro atoms. The van der Waals surface area contributed by atoms with Crippen molar-refractivity contribution in [3.63, 3.8) is 0 Å². The normalized spacial score (nSPS) is 15.2. The van der Waals surface area contributed by atoms with Crippen LogP contribution in [0.15, 0.2) is 70.1 Å². The Morgan fingerprint density at radius 2 is 1.85 bits per heavy atom. The third-order valence-electron chi connectivity index (χ3n) is 5.83. The zero-order chi connectivity index (χ0) is 23.9. The highest BCUT2D eigenvalue weighted by atomic mass is 35.5. The van der Waals surface area contributed by atoms with Gasteiger partial charge in [-0.05, 0) is 29.1 Å². The summed E-state index contributed by atoms with van der Waals surface area (Å²) in [5.74, 6) is 0.761. The van der Waals surface area contributed by atoms with Crippen molar-refractivity contribution in [2.75, 3.05) is 19.6 Å². The Bertz CT molecular complexity index is 1480. The third-order valence-corrected chi connectivity index (χ3v) is 8.00. The smallest absolute Gasteiger partial charge is 0.243 e. The van der Waals surface area contributed by atoms with E-state index in [1.165, 1.54) is 10.4 Å². The zero-order valence-electron chi connectivity index (χ0n) is 18.3. The van der Waals surface area contributed by atoms with Gasteiger partial charge < -0.3 is 9.42 Å². The molecule has 1 aromatic heterocycles. The standard InChI is InChI=1S/C24H21ClN4O4S/c1-16-26-24(27-33-16)18-7-5-17(6-8-18)14-28-11-12-29(15-23(28)30)34(31,32)20-9-10-21-19(13-20)3-2-4-22(21)25/h2-10,13H,11-12,14-15H2,1H3. The van der Waals surface area contributed by atoms with E-state index in [0.717, 1.165) is 21.9 Å². The van der Waals surface area contributed by atoms with E-state index in [1.54, 1.807) is 36.1 Å². The molecule has 8 nitrogen and oxygen atoms in total. The molecule has 174 valence electrons. The number of benzene rings is 3. The van der Waals surface area contributed by atoms with Crippen LogP contribution >= 0.6 is 11.6 Å². The maximum Gasteiger partial charge on any atom is 0.243 e. The first-order chi connectivity index (χ1) is 16.3. The predicted octanol–water partition coefficient (Wildman–Crippen LogP) is 3.88. The first-order valence-electron chi connectivity index (χ1n) is 10.7. The minimum atomic E-state index is -3.81. The molecule has 1 saturated heterocycles. The molecule has 0 unspecified atom stereocenters. The molecule has 0 radical (unpaired) electrons. The highest BCUT2D eigenvalue weighted by molar-refractivity contribution is 7.89. The number of halogens is 1. The van der Waals surface area contributed by atoms with Crippen LogP contribution in [-0.4, -0.2) is 53.3 Å². The Hall–Kier alpha value is -3.27. The number of nitrogens with zero attached hydrogens (tertiary/aromatic N) is 4. The average Bonchev–Trinajstić information content (AvgIpc) is 3.27. The summed E-state index contributed by atoms with van der Waals surface area (Å²) in [7, 11) is -3.81. The quantitative estimate of drug-likeness (QED) is 0.416. The van der Waals surface area contributed by atoms with E-state index in [-0.39, 0.29) is 23.9 Å². The summed E-state index contributed by atoms with van der Waals surface area (Å²) >= 11 is 6.19. The van der Waals surface area contributed by atoms with Crippen LogP contribution in [0.4, 0.5) is 0 Å². The Morgan fingerprint density at radius 1 is 1.06 bits per heavy atom. The summed E-state index contributed by atoms with van der Waals surface area (Å²) in [6.45, 7) is 2.46. The molecule has 34 heavy (non-hydrogen) atoms. The van der Waals surface area contributed by atoms with Crippen molar-refractivity contribution in [3.8, 4) is 11.4 Å². The number of sulfonamides is 1. The topological polar surface area (TPSA) is 96.6 Å². The molecule has 1 aliphatic heterocycles. The van der Waals surface area contributed by atoms with E-state index >= 15 is 0 Å². The lowest BCUT2D eigenvalue weighted by atomic mass is 10.1. The monoisotopic (exact) mass is 496 g/mol. The number of aromatic nitrogens is 2. The van der Waals surface area contributed by atoms with Gasteiger partial charge in [0.2, 0.25) is 27.6 Å². The molecule has 1 fully saturated rings. The van der Waals surface area contributed by atoms with Gasteiger partial charge in [-0.1, -0.05) is 59.2 Å². The van der Waals surface area contributed by atoms with Crippen LogP contribution in [0.5, 0.6) is 0 Å². The van der Waals surface area contributed by atoms with Crippen molar-refractivity contribution in [2.45, 2.75) is 18.4 Å². The molecule has 0 bridgehead atoms. The van der Waals surface area contributed by atoms with Crippen LogP contribution in [0.25, 0.3) is 22.2 Å². The van der Waals surface area contributed by atoms with Crippen molar-refractivity contribution in [2.24, 2.45) is 0 Å². The Kier molecular flexibility index (Phi) is 5.85. The number of aryl methyl sites for hydroxylation is 1. The lowest BCUT2D eigenvalue weighted by Gasteiger charge is -2.33. The summed E-state index contributed by atoms with van der Waals surface area (Å²) < 4.78 is 32.6. The zero-order valence-corrected chi connectivity index (χ0v) is 19.9. The number of carbonyl (C=O) groups is 1. The Labute approximate surface area is 201 Å². The molecule has 1 amide bonds. The molecule has 1 aliphatic rings. The number of amides is 1. The van der Waals surface area contributed by atoms with E-state index in [0.29, 0.717) is 29.8 Å². The van der Waals surface area contributed by atoms with Crippen molar-refractivity contribution in [1.82, 2.24) is 19.3 Å². The van der Waals surface area contributed by atoms with Gasteiger partial charge in [0.1, 0.15) is 0 Å². The molecule has 5 rings (SSSR count). The molecule has 4 aromatic rings. The molecular weight excluding hydrogens is 476 g/mol. The van der Waals surface area contributed by atoms with E-state index in [4.69, 9.17) is 16.1 Å². The number of piperazine rings is 1. The molecule has 2 heterocycles. The van der Waals surface area contributed by atoms with Gasteiger partial charge in [-0.25, -0.2) is 8.42 Å². The van der Waals surface area contributed by atoms with Gasteiger partial charge in [-0.15, -0.1) is 0 Å². The third kappa shape index (κ3) is 4.29. The van der Waals surface area contributed by atoms with Gasteiger partial charge in [0.25, 0.3) is 0 Å². The summed E-state index contributed by atoms with van der Waals surface area (Å²) in [5.41, 5.74) is 1.75. The SMILES string of the molecule is Cc1nc(-c2ccc(CN3CCN(S(=O)(=O)c4ccc5c(Cl)cccc5c4)CC3=O)cc2)no1. The fourth-order valence-electron chi connectivity index (χ4n) is 3.99. The molecule has 0 saturated carbocycles. The molecule has 3 aromatic carbocycles. The predicted molar refractivity (Wildman–Crippen MR) is 128 cm³/mol. The van der Waals surface area contributed by atoms with Gasteiger partial charge in [-0.2, -0.15) is 9.29 Å². The summed E-state index contributed by atoms with van der Waals surface area (Å²) in [6, 6.07) is 17.7. The first kappa shape index (κ1) is 22.5. The lowest BCUT2D eigenvalue weighted by Crippen LogP contribution is -2.51. The lowest BCUT2D eigenvalue weighted by molar-refractivity contribution is -0.134. The highest BCUT2D eigenvalue weighted by Gasteiger charge is 2.33. The van der Waals surface area contributed by atoms with Crippen LogP contribution in [0, 0.1) is 6.92 Å². The van der Waals surface area contributed by atoms with Gasteiger partial charge in [0.15, 0.2) is 0 Å². The van der Waals surface area contributed by atoms with Crippen LogP contribution in [0.3, 0.4) is 0 Å². The van der Waals surface area contributed by atoms with Gasteiger partial charge in [0, 0.05) is 42.5 Å². The molecule has 0 atom stereocenters. The average molecular weight is 497 g/mol. The van der Waals surface area contributed by atoms with Crippen LogP contribution in [0.1, 0.15) is 11.5 Å². The highest BCUT2D eigenvalue weighted by Crippen LogP contribution is 2.28. The molecule has 0 N–H and O–H groups in total. The van der Waals surface area contributed by atoms with Crippen LogP contribution in [0.2, 0.25) is 5.02 Å². The van der Waals surface area contributed by atoms with Crippen molar-refractivity contribution < 1.29 is 17.7 Å². The van der Waals surface area contributed by atoms with Gasteiger partial charge >= 0.3 is 0 Å². The number of fused-ring (bicyclic) bond motifs is 1. The fraction of sp³-hybridized carbons (Fsp3) is 0.208. The maximum atomic E-state index is 13.2. The van der Waals surface area contributed by atoms with E-state index < -0.39 is 10.0 Å². The van der Waals surface area contributed by atoms with E-state index in [9.17, 15) is 13.2 Å². The molecule has 10 heteroatoms. The summed E-state index contributed by atoms with van der Waals surface area (Å²) in [4.78, 5) is 18.8. The first-order valence-corrected chi connectivity index (χ1v) is 12.5. The summed E-state index contributed by atoms with van der Waals surface area (Å²) in [6.07, 6.45) is 0. The second kappa shape index (κ2) is 8.83.